The van der Waals surface area contributed by atoms with Gasteiger partial charge in [-0.25, -0.2) is 9.97 Å². The molecule has 0 amide bonds. The second-order valence-electron chi connectivity index (χ2n) is 3.50. The predicted molar refractivity (Wildman–Crippen MR) is 68.5 cm³/mol. The van der Waals surface area contributed by atoms with E-state index in [0.29, 0.717) is 0 Å². The van der Waals surface area contributed by atoms with Gasteiger partial charge in [0.1, 0.15) is 5.69 Å². The van der Waals surface area contributed by atoms with Crippen molar-refractivity contribution in [3.05, 3.63) is 32.2 Å². The summed E-state index contributed by atoms with van der Waals surface area (Å²) in [5, 5.41) is 6.15. The molecule has 0 fully saturated rings. The first-order chi connectivity index (χ1) is 8.22. The Kier molecular flexibility index (Phi) is 4.22. The molecule has 0 aliphatic rings. The number of hydrogen-bond donors (Lipinski definition) is 0. The van der Waals surface area contributed by atoms with E-state index < -0.39 is 0 Å². The third kappa shape index (κ3) is 3.10. The van der Waals surface area contributed by atoms with Crippen LogP contribution in [0.4, 0.5) is 0 Å². The molecule has 0 saturated carbocycles. The Labute approximate surface area is 108 Å². The molecule has 2 aromatic rings. The van der Waals surface area contributed by atoms with Crippen molar-refractivity contribution in [3.8, 4) is 0 Å². The van der Waals surface area contributed by atoms with E-state index in [-0.39, 0.29) is 6.29 Å². The molecule has 2 heterocycles. The van der Waals surface area contributed by atoms with Gasteiger partial charge in [-0.15, -0.1) is 22.7 Å². The van der Waals surface area contributed by atoms with Gasteiger partial charge >= 0.3 is 0 Å². The van der Waals surface area contributed by atoms with Crippen LogP contribution in [0.25, 0.3) is 0 Å². The van der Waals surface area contributed by atoms with Crippen LogP contribution in [0.3, 0.4) is 0 Å². The largest absolute Gasteiger partial charge is 0.350 e. The van der Waals surface area contributed by atoms with Gasteiger partial charge < -0.3 is 9.47 Å². The maximum Gasteiger partial charge on any atom is 0.201 e. The Balaban J connectivity index is 2.08. The van der Waals surface area contributed by atoms with Gasteiger partial charge in [0.2, 0.25) is 6.29 Å². The first-order valence-corrected chi connectivity index (χ1v) is 6.89. The van der Waals surface area contributed by atoms with Gasteiger partial charge in [0.15, 0.2) is 0 Å². The van der Waals surface area contributed by atoms with Gasteiger partial charge in [0.05, 0.1) is 15.7 Å². The van der Waals surface area contributed by atoms with Gasteiger partial charge in [-0.1, -0.05) is 0 Å². The molecule has 0 radical (unpaired) electrons. The average molecular weight is 270 g/mol. The molecule has 0 N–H and O–H groups in total. The van der Waals surface area contributed by atoms with Crippen molar-refractivity contribution >= 4 is 22.7 Å². The molecule has 0 aliphatic carbocycles. The molecule has 0 atom stereocenters. The molecule has 92 valence electrons. The van der Waals surface area contributed by atoms with E-state index in [1.807, 2.05) is 12.3 Å². The van der Waals surface area contributed by atoms with Crippen molar-refractivity contribution in [3.63, 3.8) is 0 Å². The first-order valence-electron chi connectivity index (χ1n) is 5.14. The van der Waals surface area contributed by atoms with E-state index in [0.717, 1.165) is 27.8 Å². The van der Waals surface area contributed by atoms with Crippen LogP contribution in [0.15, 0.2) is 10.8 Å². The maximum absolute atomic E-state index is 5.16. The van der Waals surface area contributed by atoms with Crippen LogP contribution in [-0.2, 0) is 15.9 Å². The number of aryl methyl sites for hydroxylation is 1. The zero-order valence-corrected chi connectivity index (χ0v) is 11.6. The van der Waals surface area contributed by atoms with E-state index in [4.69, 9.17) is 9.47 Å². The van der Waals surface area contributed by atoms with Crippen LogP contribution in [0.1, 0.15) is 27.7 Å². The number of methoxy groups -OCH3 is 2. The highest BCUT2D eigenvalue weighted by atomic mass is 32.1. The topological polar surface area (TPSA) is 44.2 Å². The van der Waals surface area contributed by atoms with Crippen LogP contribution in [0, 0.1) is 6.92 Å². The van der Waals surface area contributed by atoms with Crippen molar-refractivity contribution in [1.82, 2.24) is 9.97 Å². The second-order valence-corrected chi connectivity index (χ2v) is 5.51. The Bertz CT molecular complexity index is 477. The Hall–Kier alpha value is -0.820. The van der Waals surface area contributed by atoms with Crippen molar-refractivity contribution in [2.75, 3.05) is 14.2 Å². The molecule has 0 bridgehead atoms. The fourth-order valence-electron chi connectivity index (χ4n) is 1.50. The Morgan fingerprint density at radius 2 is 1.94 bits per heavy atom. The average Bonchev–Trinajstić information content (AvgIpc) is 2.91. The summed E-state index contributed by atoms with van der Waals surface area (Å²) in [5.41, 5.74) is 1.89. The fourth-order valence-corrected chi connectivity index (χ4v) is 2.92. The summed E-state index contributed by atoms with van der Waals surface area (Å²) in [4.78, 5) is 8.91. The lowest BCUT2D eigenvalue weighted by molar-refractivity contribution is -0.108. The molecule has 0 saturated heterocycles. The van der Waals surface area contributed by atoms with Crippen molar-refractivity contribution in [1.29, 1.82) is 0 Å². The lowest BCUT2D eigenvalue weighted by atomic mass is 10.3. The van der Waals surface area contributed by atoms with E-state index >= 15 is 0 Å². The normalized spacial score (nSPS) is 11.3. The minimum atomic E-state index is -0.378. The van der Waals surface area contributed by atoms with Gasteiger partial charge in [-0.3, -0.25) is 0 Å². The molecule has 2 rings (SSSR count). The second kappa shape index (κ2) is 5.68. The Morgan fingerprint density at radius 1 is 1.18 bits per heavy atom. The highest BCUT2D eigenvalue weighted by Gasteiger charge is 2.13. The van der Waals surface area contributed by atoms with E-state index in [9.17, 15) is 0 Å². The number of thiazole rings is 2. The minimum absolute atomic E-state index is 0.378. The highest BCUT2D eigenvalue weighted by molar-refractivity contribution is 7.10. The summed E-state index contributed by atoms with van der Waals surface area (Å²) in [6.07, 6.45) is 0.395. The van der Waals surface area contributed by atoms with Crippen LogP contribution in [-0.4, -0.2) is 24.2 Å². The van der Waals surface area contributed by atoms with Crippen LogP contribution < -0.4 is 0 Å². The number of nitrogens with zero attached hydrogens (tertiary/aromatic N) is 2. The third-order valence-corrected chi connectivity index (χ3v) is 3.93. The van der Waals surface area contributed by atoms with Crippen LogP contribution in [0.5, 0.6) is 0 Å². The predicted octanol–water partition coefficient (Wildman–Crippen LogP) is 2.79. The van der Waals surface area contributed by atoms with E-state index in [1.54, 1.807) is 36.9 Å². The summed E-state index contributed by atoms with van der Waals surface area (Å²) in [6, 6.07) is 0. The Morgan fingerprint density at radius 3 is 2.53 bits per heavy atom. The monoisotopic (exact) mass is 270 g/mol. The van der Waals surface area contributed by atoms with E-state index in [2.05, 4.69) is 15.3 Å². The van der Waals surface area contributed by atoms with Gasteiger partial charge in [-0.05, 0) is 6.92 Å². The molecule has 0 spiro atoms. The lowest BCUT2D eigenvalue weighted by Gasteiger charge is -2.09. The molecule has 2 aromatic heterocycles. The van der Waals surface area contributed by atoms with Crippen molar-refractivity contribution in [2.24, 2.45) is 0 Å². The standard InChI is InChI=1S/C11H14N2O2S2/c1-7-12-8(5-16-7)4-10-13-9(6-17-10)11(14-2)15-3/h5-6,11H,4H2,1-3H3. The van der Waals surface area contributed by atoms with E-state index in [1.165, 1.54) is 0 Å². The highest BCUT2D eigenvalue weighted by Crippen LogP contribution is 2.22. The summed E-state index contributed by atoms with van der Waals surface area (Å²) in [7, 11) is 3.22. The zero-order valence-electron chi connectivity index (χ0n) is 9.97. The zero-order chi connectivity index (χ0) is 12.3. The fraction of sp³-hybridized carbons (Fsp3) is 0.455. The minimum Gasteiger partial charge on any atom is -0.350 e. The van der Waals surface area contributed by atoms with Crippen LogP contribution >= 0.6 is 22.7 Å². The quantitative estimate of drug-likeness (QED) is 0.784. The summed E-state index contributed by atoms with van der Waals surface area (Å²) >= 11 is 3.27. The number of rotatable bonds is 5. The van der Waals surface area contributed by atoms with Crippen molar-refractivity contribution in [2.45, 2.75) is 19.6 Å². The van der Waals surface area contributed by atoms with Crippen LogP contribution in [0.2, 0.25) is 0 Å². The molecule has 0 aliphatic heterocycles. The lowest BCUT2D eigenvalue weighted by Crippen LogP contribution is -2.04. The molecular formula is C11H14N2O2S2. The molecular weight excluding hydrogens is 256 g/mol. The van der Waals surface area contributed by atoms with Gasteiger partial charge in [-0.2, -0.15) is 0 Å². The van der Waals surface area contributed by atoms with Crippen molar-refractivity contribution < 1.29 is 9.47 Å². The molecule has 6 heteroatoms. The molecule has 17 heavy (non-hydrogen) atoms. The molecule has 4 nitrogen and oxygen atoms in total. The number of hydrogen-bond acceptors (Lipinski definition) is 6. The SMILES string of the molecule is COC(OC)c1csc(Cc2csc(C)n2)n1. The molecule has 0 unspecified atom stereocenters. The smallest absolute Gasteiger partial charge is 0.201 e. The van der Waals surface area contributed by atoms with Gasteiger partial charge in [0, 0.05) is 31.4 Å². The molecule has 0 aromatic carbocycles. The number of aromatic nitrogens is 2. The maximum atomic E-state index is 5.16. The summed E-state index contributed by atoms with van der Waals surface area (Å²) < 4.78 is 10.3. The summed E-state index contributed by atoms with van der Waals surface area (Å²) in [5.74, 6) is 0. The first kappa shape index (κ1) is 12.6. The van der Waals surface area contributed by atoms with Gasteiger partial charge in [0.25, 0.3) is 0 Å². The summed E-state index contributed by atoms with van der Waals surface area (Å²) in [6.45, 7) is 2.01. The number of ether oxygens (including phenoxy) is 2. The third-order valence-electron chi connectivity index (χ3n) is 2.24.